The Morgan fingerprint density at radius 1 is 0.885 bits per heavy atom. The molecule has 128 valence electrons. The Morgan fingerprint density at radius 3 is 2.42 bits per heavy atom. The van der Waals surface area contributed by atoms with Gasteiger partial charge in [0, 0.05) is 0 Å². The maximum Gasteiger partial charge on any atom is 0.216 e. The topological polar surface area (TPSA) is 72.9 Å². The molecule has 0 aliphatic rings. The van der Waals surface area contributed by atoms with E-state index in [-0.39, 0.29) is 17.0 Å². The molecule has 0 aliphatic heterocycles. The van der Waals surface area contributed by atoms with E-state index in [0.717, 1.165) is 11.3 Å². The van der Waals surface area contributed by atoms with E-state index in [1.165, 1.54) is 10.7 Å². The number of hydrogen-bond acceptors (Lipinski definition) is 4. The largest absolute Gasteiger partial charge is 0.493 e. The van der Waals surface area contributed by atoms with Crippen LogP contribution < -0.4 is 5.43 Å². The number of hydrogen-bond donors (Lipinski definition) is 1. The summed E-state index contributed by atoms with van der Waals surface area (Å²) >= 11 is 0. The standard InChI is InChI=1S/C20H16N4O2/c1-14-6-5-9-16(12-14)24-19(26)13-18(25)20(22-24)17-10-11-21-23(17)15-7-3-2-4-8-15/h2-13,26H,1H3. The normalized spacial score (nSPS) is 10.8. The Bertz CT molecular complexity index is 1130. The summed E-state index contributed by atoms with van der Waals surface area (Å²) in [4.78, 5) is 12.5. The molecule has 1 N–H and O–H groups in total. The predicted molar refractivity (Wildman–Crippen MR) is 98.8 cm³/mol. The van der Waals surface area contributed by atoms with Gasteiger partial charge >= 0.3 is 0 Å². The average Bonchev–Trinajstić information content (AvgIpc) is 3.12. The Morgan fingerprint density at radius 2 is 1.65 bits per heavy atom. The van der Waals surface area contributed by atoms with Gasteiger partial charge in [-0.25, -0.2) is 9.36 Å². The van der Waals surface area contributed by atoms with Crippen LogP contribution in [0.15, 0.2) is 77.7 Å². The first-order chi connectivity index (χ1) is 12.6. The van der Waals surface area contributed by atoms with Gasteiger partial charge in [-0.2, -0.15) is 10.2 Å². The molecule has 0 fully saturated rings. The lowest BCUT2D eigenvalue weighted by Crippen LogP contribution is -2.15. The second-order valence-electron chi connectivity index (χ2n) is 5.93. The molecule has 0 aliphatic carbocycles. The van der Waals surface area contributed by atoms with Crippen LogP contribution >= 0.6 is 0 Å². The zero-order valence-electron chi connectivity index (χ0n) is 14.1. The van der Waals surface area contributed by atoms with E-state index in [2.05, 4.69) is 10.2 Å². The van der Waals surface area contributed by atoms with Gasteiger partial charge in [-0.05, 0) is 42.8 Å². The molecule has 0 spiro atoms. The molecule has 2 heterocycles. The lowest BCUT2D eigenvalue weighted by Gasteiger charge is -2.11. The second kappa shape index (κ2) is 6.33. The SMILES string of the molecule is Cc1cccc(-n2nc(-c3ccnn3-c3ccccc3)c(=O)cc2O)c1. The number of benzene rings is 2. The first-order valence-electron chi connectivity index (χ1n) is 8.14. The predicted octanol–water partition coefficient (Wildman–Crippen LogP) is 3.10. The Hall–Kier alpha value is -3.67. The average molecular weight is 344 g/mol. The third kappa shape index (κ3) is 2.77. The fraction of sp³-hybridized carbons (Fsp3) is 0.0500. The van der Waals surface area contributed by atoms with Crippen LogP contribution in [0, 0.1) is 6.92 Å². The van der Waals surface area contributed by atoms with Crippen LogP contribution in [0.5, 0.6) is 5.88 Å². The maximum atomic E-state index is 12.5. The highest BCUT2D eigenvalue weighted by Crippen LogP contribution is 2.21. The number of aromatic nitrogens is 4. The Labute approximate surface area is 149 Å². The van der Waals surface area contributed by atoms with Gasteiger partial charge in [0.1, 0.15) is 0 Å². The maximum absolute atomic E-state index is 12.5. The molecule has 0 unspecified atom stereocenters. The van der Waals surface area contributed by atoms with E-state index in [1.807, 2.05) is 61.5 Å². The van der Waals surface area contributed by atoms with Gasteiger partial charge in [-0.1, -0.05) is 30.3 Å². The fourth-order valence-corrected chi connectivity index (χ4v) is 2.83. The van der Waals surface area contributed by atoms with Gasteiger partial charge in [0.05, 0.1) is 29.3 Å². The van der Waals surface area contributed by atoms with Crippen LogP contribution in [0.25, 0.3) is 22.8 Å². The minimum atomic E-state index is -0.371. The molecule has 6 nitrogen and oxygen atoms in total. The molecule has 4 rings (SSSR count). The van der Waals surface area contributed by atoms with Crippen molar-refractivity contribution in [2.75, 3.05) is 0 Å². The van der Waals surface area contributed by atoms with Gasteiger partial charge in [0.2, 0.25) is 11.3 Å². The summed E-state index contributed by atoms with van der Waals surface area (Å²) in [6.07, 6.45) is 1.62. The van der Waals surface area contributed by atoms with Crippen molar-refractivity contribution in [3.05, 3.63) is 88.7 Å². The number of aryl methyl sites for hydroxylation is 1. The number of rotatable bonds is 3. The molecular weight excluding hydrogens is 328 g/mol. The number of nitrogens with zero attached hydrogens (tertiary/aromatic N) is 4. The quantitative estimate of drug-likeness (QED) is 0.620. The molecule has 0 radical (unpaired) electrons. The van der Waals surface area contributed by atoms with Crippen molar-refractivity contribution in [3.63, 3.8) is 0 Å². The molecule has 6 heteroatoms. The van der Waals surface area contributed by atoms with Crippen LogP contribution in [-0.4, -0.2) is 24.7 Å². The van der Waals surface area contributed by atoms with Gasteiger partial charge < -0.3 is 5.11 Å². The molecule has 0 amide bonds. The van der Waals surface area contributed by atoms with Crippen molar-refractivity contribution < 1.29 is 5.11 Å². The molecule has 26 heavy (non-hydrogen) atoms. The van der Waals surface area contributed by atoms with E-state index in [4.69, 9.17) is 0 Å². The molecule has 0 saturated carbocycles. The number of aromatic hydroxyl groups is 1. The molecule has 0 saturated heterocycles. The van der Waals surface area contributed by atoms with Crippen molar-refractivity contribution in [2.24, 2.45) is 0 Å². The van der Waals surface area contributed by atoms with Crippen LogP contribution in [0.4, 0.5) is 0 Å². The molecule has 0 atom stereocenters. The van der Waals surface area contributed by atoms with Gasteiger partial charge in [0.15, 0.2) is 5.69 Å². The van der Waals surface area contributed by atoms with E-state index >= 15 is 0 Å². The minimum Gasteiger partial charge on any atom is -0.493 e. The highest BCUT2D eigenvalue weighted by molar-refractivity contribution is 5.58. The van der Waals surface area contributed by atoms with Crippen molar-refractivity contribution in [2.45, 2.75) is 6.92 Å². The molecular formula is C20H16N4O2. The summed E-state index contributed by atoms with van der Waals surface area (Å²) in [6, 6.07) is 19.9. The summed E-state index contributed by atoms with van der Waals surface area (Å²) in [5.74, 6) is -0.213. The third-order valence-corrected chi connectivity index (χ3v) is 4.04. The van der Waals surface area contributed by atoms with Crippen LogP contribution in [0.3, 0.4) is 0 Å². The van der Waals surface area contributed by atoms with E-state index in [9.17, 15) is 9.90 Å². The summed E-state index contributed by atoms with van der Waals surface area (Å²) in [5, 5.41) is 18.9. The van der Waals surface area contributed by atoms with Crippen molar-refractivity contribution in [3.8, 4) is 28.6 Å². The van der Waals surface area contributed by atoms with Crippen LogP contribution in [-0.2, 0) is 0 Å². The van der Waals surface area contributed by atoms with E-state index in [0.29, 0.717) is 11.4 Å². The van der Waals surface area contributed by atoms with Gasteiger partial charge in [0.25, 0.3) is 0 Å². The van der Waals surface area contributed by atoms with Gasteiger partial charge in [-0.15, -0.1) is 0 Å². The molecule has 0 bridgehead atoms. The molecule has 4 aromatic rings. The highest BCUT2D eigenvalue weighted by atomic mass is 16.3. The summed E-state index contributed by atoms with van der Waals surface area (Å²) < 4.78 is 3.01. The van der Waals surface area contributed by atoms with E-state index < -0.39 is 0 Å². The Kier molecular flexibility index (Phi) is 3.85. The summed E-state index contributed by atoms with van der Waals surface area (Å²) in [5.41, 5.74) is 2.93. The number of para-hydroxylation sites is 1. The lowest BCUT2D eigenvalue weighted by atomic mass is 10.2. The third-order valence-electron chi connectivity index (χ3n) is 4.04. The second-order valence-corrected chi connectivity index (χ2v) is 5.93. The lowest BCUT2D eigenvalue weighted by molar-refractivity contribution is 0.424. The zero-order chi connectivity index (χ0) is 18.1. The smallest absolute Gasteiger partial charge is 0.216 e. The van der Waals surface area contributed by atoms with Crippen LogP contribution in [0.1, 0.15) is 5.56 Å². The van der Waals surface area contributed by atoms with Crippen molar-refractivity contribution in [1.82, 2.24) is 19.6 Å². The monoisotopic (exact) mass is 344 g/mol. The van der Waals surface area contributed by atoms with E-state index in [1.54, 1.807) is 16.9 Å². The zero-order valence-corrected chi connectivity index (χ0v) is 14.1. The first kappa shape index (κ1) is 15.8. The molecule has 2 aromatic carbocycles. The molecule has 2 aromatic heterocycles. The van der Waals surface area contributed by atoms with Gasteiger partial charge in [-0.3, -0.25) is 4.79 Å². The summed E-state index contributed by atoms with van der Waals surface area (Å²) in [6.45, 7) is 1.95. The minimum absolute atomic E-state index is 0.213. The van der Waals surface area contributed by atoms with Crippen LogP contribution in [0.2, 0.25) is 0 Å². The van der Waals surface area contributed by atoms with Crippen molar-refractivity contribution in [1.29, 1.82) is 0 Å². The Balaban J connectivity index is 1.91. The van der Waals surface area contributed by atoms with Crippen molar-refractivity contribution >= 4 is 0 Å². The first-order valence-corrected chi connectivity index (χ1v) is 8.14. The summed E-state index contributed by atoms with van der Waals surface area (Å²) in [7, 11) is 0. The highest BCUT2D eigenvalue weighted by Gasteiger charge is 2.16. The fourth-order valence-electron chi connectivity index (χ4n) is 2.83.